The molecule has 30 heavy (non-hydrogen) atoms. The van der Waals surface area contributed by atoms with Crippen LogP contribution in [0.15, 0.2) is 34.9 Å². The lowest BCUT2D eigenvalue weighted by Gasteiger charge is -2.10. The molecule has 0 unspecified atom stereocenters. The predicted octanol–water partition coefficient (Wildman–Crippen LogP) is 4.98. The van der Waals surface area contributed by atoms with Crippen molar-refractivity contribution >= 4 is 61.4 Å². The second-order valence-corrected chi connectivity index (χ2v) is 9.11. The van der Waals surface area contributed by atoms with Gasteiger partial charge in [-0.1, -0.05) is 18.2 Å². The minimum absolute atomic E-state index is 0.281. The highest BCUT2D eigenvalue weighted by Crippen LogP contribution is 2.39. The number of nitrogens with one attached hydrogen (secondary N) is 2. The lowest BCUT2D eigenvalue weighted by atomic mass is 10.1. The highest BCUT2D eigenvalue weighted by atomic mass is 79.9. The number of thiophene rings is 1. The van der Waals surface area contributed by atoms with Gasteiger partial charge in [0.05, 0.1) is 23.7 Å². The zero-order valence-corrected chi connectivity index (χ0v) is 19.2. The first kappa shape index (κ1) is 21.0. The molecule has 6 nitrogen and oxygen atoms in total. The number of benzene rings is 1. The van der Waals surface area contributed by atoms with E-state index in [1.807, 2.05) is 0 Å². The SMILES string of the molecule is COC(=O)c1c(NC(=S)Nc2nn(Cc3ccccc3F)cc2Br)sc2c1CCC2. The molecule has 0 saturated heterocycles. The average Bonchev–Trinajstić information content (AvgIpc) is 3.38. The van der Waals surface area contributed by atoms with Crippen LogP contribution in [0.25, 0.3) is 0 Å². The monoisotopic (exact) mass is 508 g/mol. The molecular formula is C20H18BrFN4O2S2. The van der Waals surface area contributed by atoms with Crippen molar-refractivity contribution in [1.82, 2.24) is 9.78 Å². The van der Waals surface area contributed by atoms with Crippen LogP contribution in [0.3, 0.4) is 0 Å². The number of ether oxygens (including phenoxy) is 1. The van der Waals surface area contributed by atoms with Crippen molar-refractivity contribution in [3.63, 3.8) is 0 Å². The number of aromatic nitrogens is 2. The van der Waals surface area contributed by atoms with Crippen molar-refractivity contribution in [2.75, 3.05) is 17.7 Å². The van der Waals surface area contributed by atoms with Crippen LogP contribution in [-0.2, 0) is 24.1 Å². The minimum atomic E-state index is -0.366. The van der Waals surface area contributed by atoms with E-state index in [1.54, 1.807) is 29.1 Å². The second-order valence-electron chi connectivity index (χ2n) is 6.75. The lowest BCUT2D eigenvalue weighted by Crippen LogP contribution is -2.21. The van der Waals surface area contributed by atoms with Gasteiger partial charge in [-0.2, -0.15) is 5.10 Å². The van der Waals surface area contributed by atoms with Crippen LogP contribution in [-0.4, -0.2) is 28.0 Å². The van der Waals surface area contributed by atoms with Crippen molar-refractivity contribution in [3.05, 3.63) is 62.3 Å². The smallest absolute Gasteiger partial charge is 0.341 e. The molecule has 0 saturated carbocycles. The number of rotatable bonds is 5. The number of hydrogen-bond acceptors (Lipinski definition) is 5. The topological polar surface area (TPSA) is 68.2 Å². The summed E-state index contributed by atoms with van der Waals surface area (Å²) in [6.45, 7) is 0.289. The number of halogens is 2. The molecule has 0 atom stereocenters. The first-order valence-corrected chi connectivity index (χ1v) is 11.2. The molecule has 3 aromatic rings. The van der Waals surface area contributed by atoms with Crippen LogP contribution in [0.4, 0.5) is 15.2 Å². The van der Waals surface area contributed by atoms with E-state index in [2.05, 4.69) is 31.7 Å². The molecule has 2 heterocycles. The number of anilines is 2. The molecule has 1 aliphatic rings. The van der Waals surface area contributed by atoms with Crippen LogP contribution in [0.5, 0.6) is 0 Å². The van der Waals surface area contributed by atoms with Crippen molar-refractivity contribution in [3.8, 4) is 0 Å². The summed E-state index contributed by atoms with van der Waals surface area (Å²) in [6.07, 6.45) is 4.61. The number of esters is 1. The van der Waals surface area contributed by atoms with Crippen molar-refractivity contribution in [1.29, 1.82) is 0 Å². The quantitative estimate of drug-likeness (QED) is 0.374. The Hall–Kier alpha value is -2.30. The maximum absolute atomic E-state index is 13.9. The van der Waals surface area contributed by atoms with E-state index in [0.29, 0.717) is 31.5 Å². The third-order valence-corrected chi connectivity index (χ3v) is 6.77. The Balaban J connectivity index is 1.48. The number of hydrogen-bond donors (Lipinski definition) is 2. The Morgan fingerprint density at radius 1 is 1.37 bits per heavy atom. The third-order valence-electron chi connectivity index (χ3n) is 4.78. The first-order valence-electron chi connectivity index (χ1n) is 9.23. The number of carbonyl (C=O) groups excluding carboxylic acids is 1. The van der Waals surface area contributed by atoms with Gasteiger partial charge in [0.1, 0.15) is 10.8 Å². The zero-order chi connectivity index (χ0) is 21.3. The van der Waals surface area contributed by atoms with Crippen molar-refractivity contribution in [2.45, 2.75) is 25.8 Å². The molecule has 156 valence electrons. The van der Waals surface area contributed by atoms with E-state index in [0.717, 1.165) is 24.8 Å². The highest BCUT2D eigenvalue weighted by Gasteiger charge is 2.27. The van der Waals surface area contributed by atoms with Crippen LogP contribution in [0.1, 0.15) is 32.8 Å². The summed E-state index contributed by atoms with van der Waals surface area (Å²) in [5.41, 5.74) is 2.14. The van der Waals surface area contributed by atoms with Crippen LogP contribution >= 0.6 is 39.5 Å². The fourth-order valence-corrected chi connectivity index (χ4v) is 5.38. The van der Waals surface area contributed by atoms with Gasteiger partial charge in [0.25, 0.3) is 0 Å². The van der Waals surface area contributed by atoms with Crippen molar-refractivity contribution in [2.24, 2.45) is 0 Å². The van der Waals surface area contributed by atoms with Gasteiger partial charge in [-0.25, -0.2) is 9.18 Å². The Labute approximate surface area is 190 Å². The first-order chi connectivity index (χ1) is 14.5. The Kier molecular flexibility index (Phi) is 6.16. The number of carbonyl (C=O) groups is 1. The molecule has 10 heteroatoms. The number of nitrogens with zero attached hydrogens (tertiary/aromatic N) is 2. The second kappa shape index (κ2) is 8.83. The van der Waals surface area contributed by atoms with Crippen LogP contribution in [0.2, 0.25) is 0 Å². The molecule has 0 bridgehead atoms. The number of thiocarbonyl (C=S) groups is 1. The van der Waals surface area contributed by atoms with E-state index < -0.39 is 0 Å². The van der Waals surface area contributed by atoms with Crippen molar-refractivity contribution < 1.29 is 13.9 Å². The average molecular weight is 509 g/mol. The Morgan fingerprint density at radius 2 is 2.17 bits per heavy atom. The van der Waals surface area contributed by atoms with Gasteiger partial charge in [-0.05, 0) is 59.0 Å². The van der Waals surface area contributed by atoms with Gasteiger partial charge >= 0.3 is 5.97 Å². The fourth-order valence-electron chi connectivity index (χ4n) is 3.42. The molecule has 4 rings (SSSR count). The number of methoxy groups -OCH3 is 1. The Morgan fingerprint density at radius 3 is 2.93 bits per heavy atom. The van der Waals surface area contributed by atoms with Gasteiger partial charge in [-0.15, -0.1) is 11.3 Å². The summed E-state index contributed by atoms with van der Waals surface area (Å²) in [6, 6.07) is 6.57. The summed E-state index contributed by atoms with van der Waals surface area (Å²) in [5.74, 6) is -0.153. The summed E-state index contributed by atoms with van der Waals surface area (Å²) in [7, 11) is 1.38. The van der Waals surface area contributed by atoms with E-state index >= 15 is 0 Å². The van der Waals surface area contributed by atoms with Crippen LogP contribution in [0, 0.1) is 5.82 Å². The van der Waals surface area contributed by atoms with E-state index in [4.69, 9.17) is 17.0 Å². The van der Waals surface area contributed by atoms with Gasteiger partial charge in [-0.3, -0.25) is 4.68 Å². The molecule has 0 radical (unpaired) electrons. The highest BCUT2D eigenvalue weighted by molar-refractivity contribution is 9.10. The summed E-state index contributed by atoms with van der Waals surface area (Å²) in [4.78, 5) is 13.5. The molecule has 2 N–H and O–H groups in total. The molecular weight excluding hydrogens is 491 g/mol. The van der Waals surface area contributed by atoms with Gasteiger partial charge in [0, 0.05) is 16.6 Å². The zero-order valence-electron chi connectivity index (χ0n) is 16.0. The van der Waals surface area contributed by atoms with Gasteiger partial charge < -0.3 is 15.4 Å². The largest absolute Gasteiger partial charge is 0.465 e. The Bertz CT molecular complexity index is 1130. The maximum atomic E-state index is 13.9. The van der Waals surface area contributed by atoms with E-state index in [-0.39, 0.29) is 18.3 Å². The van der Waals surface area contributed by atoms with Crippen LogP contribution < -0.4 is 10.6 Å². The molecule has 0 amide bonds. The normalized spacial score (nSPS) is 12.5. The van der Waals surface area contributed by atoms with E-state index in [1.165, 1.54) is 29.4 Å². The third kappa shape index (κ3) is 4.26. The van der Waals surface area contributed by atoms with Gasteiger partial charge in [0.2, 0.25) is 0 Å². The number of fused-ring (bicyclic) bond motifs is 1. The minimum Gasteiger partial charge on any atom is -0.465 e. The molecule has 1 aromatic carbocycles. The summed E-state index contributed by atoms with van der Waals surface area (Å²) >= 11 is 10.4. The molecule has 0 spiro atoms. The predicted molar refractivity (Wildman–Crippen MR) is 123 cm³/mol. The standard InChI is InChI=1S/C20H18BrFN4O2S2/c1-28-19(27)16-12-6-4-8-15(12)30-18(16)24-20(29)23-17-13(21)10-26(25-17)9-11-5-2-3-7-14(11)22/h2-3,5,7,10H,4,6,8-9H2,1H3,(H2,23,24,25,29). The summed E-state index contributed by atoms with van der Waals surface area (Å²) < 4.78 is 21.2. The summed E-state index contributed by atoms with van der Waals surface area (Å²) in [5, 5.41) is 11.5. The maximum Gasteiger partial charge on any atom is 0.341 e. The lowest BCUT2D eigenvalue weighted by molar-refractivity contribution is 0.0601. The molecule has 0 fully saturated rings. The van der Waals surface area contributed by atoms with E-state index in [9.17, 15) is 9.18 Å². The molecule has 0 aliphatic heterocycles. The molecule has 1 aliphatic carbocycles. The number of aryl methyl sites for hydroxylation is 1. The fraction of sp³-hybridized carbons (Fsp3) is 0.250. The van der Waals surface area contributed by atoms with Gasteiger partial charge in [0.15, 0.2) is 10.9 Å². The molecule has 2 aromatic heterocycles.